The molecule has 0 spiro atoms. The number of likely N-dealkylation sites (N-methyl/N-ethyl adjacent to an activating group) is 1. The number of rotatable bonds is 5. The fourth-order valence-electron chi connectivity index (χ4n) is 3.04. The summed E-state index contributed by atoms with van der Waals surface area (Å²) in [4.78, 5) is 25.1. The zero-order valence-electron chi connectivity index (χ0n) is 13.4. The molecule has 1 N–H and O–H groups in total. The Kier molecular flexibility index (Phi) is 4.51. The molecule has 5 heteroatoms. The van der Waals surface area contributed by atoms with Gasteiger partial charge >= 0.3 is 5.97 Å². The zero-order chi connectivity index (χ0) is 17.1. The number of carbonyl (C=O) groups is 2. The number of nitrogens with zero attached hydrogens (tertiary/aromatic N) is 1. The molecule has 0 unspecified atom stereocenters. The molecule has 124 valence electrons. The molecule has 2 aromatic rings. The SMILES string of the molecule is CN(C(=O)c1cccc(OCC(=O)O)c1)C1Cc2ccccc2C1. The zero-order valence-corrected chi connectivity index (χ0v) is 13.4. The monoisotopic (exact) mass is 325 g/mol. The largest absolute Gasteiger partial charge is 0.482 e. The molecule has 0 radical (unpaired) electrons. The van der Waals surface area contributed by atoms with E-state index in [2.05, 4.69) is 12.1 Å². The maximum absolute atomic E-state index is 12.7. The Morgan fingerprint density at radius 3 is 2.42 bits per heavy atom. The fraction of sp³-hybridized carbons (Fsp3) is 0.263. The van der Waals surface area contributed by atoms with Crippen molar-refractivity contribution in [2.75, 3.05) is 13.7 Å². The lowest BCUT2D eigenvalue weighted by Gasteiger charge is -2.24. The van der Waals surface area contributed by atoms with Crippen molar-refractivity contribution in [3.8, 4) is 5.75 Å². The summed E-state index contributed by atoms with van der Waals surface area (Å²) in [5.41, 5.74) is 3.08. The Morgan fingerprint density at radius 2 is 1.79 bits per heavy atom. The van der Waals surface area contributed by atoms with Crippen molar-refractivity contribution < 1.29 is 19.4 Å². The van der Waals surface area contributed by atoms with Gasteiger partial charge in [0, 0.05) is 18.7 Å². The van der Waals surface area contributed by atoms with Crippen molar-refractivity contribution in [2.45, 2.75) is 18.9 Å². The minimum atomic E-state index is -1.05. The molecule has 0 bridgehead atoms. The number of benzene rings is 2. The standard InChI is InChI=1S/C19H19NO4/c1-20(16-9-13-5-2-3-6-14(13)10-16)19(23)15-7-4-8-17(11-15)24-12-18(21)22/h2-8,11,16H,9-10,12H2,1H3,(H,21,22). The van der Waals surface area contributed by atoms with E-state index in [9.17, 15) is 9.59 Å². The van der Waals surface area contributed by atoms with E-state index in [1.165, 1.54) is 11.1 Å². The van der Waals surface area contributed by atoms with Gasteiger partial charge in [-0.2, -0.15) is 0 Å². The van der Waals surface area contributed by atoms with Gasteiger partial charge in [-0.25, -0.2) is 4.79 Å². The van der Waals surface area contributed by atoms with Crippen molar-refractivity contribution in [3.63, 3.8) is 0 Å². The average Bonchev–Trinajstić information content (AvgIpc) is 3.03. The number of hydrogen-bond donors (Lipinski definition) is 1. The topological polar surface area (TPSA) is 66.8 Å². The van der Waals surface area contributed by atoms with Crippen LogP contribution in [-0.4, -0.2) is 41.6 Å². The van der Waals surface area contributed by atoms with Gasteiger partial charge in [-0.15, -0.1) is 0 Å². The van der Waals surface area contributed by atoms with E-state index in [-0.39, 0.29) is 11.9 Å². The molecule has 0 aliphatic heterocycles. The highest BCUT2D eigenvalue weighted by molar-refractivity contribution is 5.94. The second kappa shape index (κ2) is 6.74. The lowest BCUT2D eigenvalue weighted by molar-refractivity contribution is -0.139. The van der Waals surface area contributed by atoms with Crippen molar-refractivity contribution >= 4 is 11.9 Å². The van der Waals surface area contributed by atoms with E-state index >= 15 is 0 Å². The van der Waals surface area contributed by atoms with E-state index in [4.69, 9.17) is 9.84 Å². The summed E-state index contributed by atoms with van der Waals surface area (Å²) in [7, 11) is 1.81. The summed E-state index contributed by atoms with van der Waals surface area (Å²) in [6.45, 7) is -0.425. The summed E-state index contributed by atoms with van der Waals surface area (Å²) < 4.78 is 5.14. The minimum Gasteiger partial charge on any atom is -0.482 e. The smallest absolute Gasteiger partial charge is 0.341 e. The number of carbonyl (C=O) groups excluding carboxylic acids is 1. The van der Waals surface area contributed by atoms with Crippen LogP contribution in [0.15, 0.2) is 48.5 Å². The van der Waals surface area contributed by atoms with Crippen LogP contribution in [0.4, 0.5) is 0 Å². The van der Waals surface area contributed by atoms with Gasteiger partial charge in [0.25, 0.3) is 5.91 Å². The number of ether oxygens (including phenoxy) is 1. The number of aliphatic carboxylic acids is 1. The van der Waals surface area contributed by atoms with Crippen LogP contribution in [0, 0.1) is 0 Å². The van der Waals surface area contributed by atoms with Crippen molar-refractivity contribution in [2.24, 2.45) is 0 Å². The third kappa shape index (κ3) is 3.40. The van der Waals surface area contributed by atoms with Crippen LogP contribution in [0.2, 0.25) is 0 Å². The van der Waals surface area contributed by atoms with Crippen LogP contribution in [0.5, 0.6) is 5.75 Å². The predicted molar refractivity (Wildman–Crippen MR) is 89.3 cm³/mol. The van der Waals surface area contributed by atoms with E-state index < -0.39 is 12.6 Å². The highest BCUT2D eigenvalue weighted by atomic mass is 16.5. The van der Waals surface area contributed by atoms with Crippen LogP contribution in [-0.2, 0) is 17.6 Å². The molecule has 0 saturated heterocycles. The molecule has 0 aromatic heterocycles. The Balaban J connectivity index is 1.70. The second-order valence-electron chi connectivity index (χ2n) is 5.96. The summed E-state index contributed by atoms with van der Waals surface area (Å²) in [6, 6.07) is 15.0. The van der Waals surface area contributed by atoms with Crippen LogP contribution in [0.25, 0.3) is 0 Å². The van der Waals surface area contributed by atoms with Gasteiger partial charge in [0.15, 0.2) is 6.61 Å². The molecule has 1 amide bonds. The van der Waals surface area contributed by atoms with Crippen LogP contribution in [0.1, 0.15) is 21.5 Å². The molecule has 1 aliphatic carbocycles. The highest BCUT2D eigenvalue weighted by Gasteiger charge is 2.27. The maximum Gasteiger partial charge on any atom is 0.341 e. The van der Waals surface area contributed by atoms with E-state index in [1.54, 1.807) is 29.2 Å². The second-order valence-corrected chi connectivity index (χ2v) is 5.96. The van der Waals surface area contributed by atoms with Crippen molar-refractivity contribution in [3.05, 3.63) is 65.2 Å². The summed E-state index contributed by atoms with van der Waals surface area (Å²) in [6.07, 6.45) is 1.71. The van der Waals surface area contributed by atoms with Gasteiger partial charge in [0.1, 0.15) is 5.75 Å². The fourth-order valence-corrected chi connectivity index (χ4v) is 3.04. The molecule has 0 atom stereocenters. The number of amides is 1. The van der Waals surface area contributed by atoms with Crippen LogP contribution in [0.3, 0.4) is 0 Å². The number of fused-ring (bicyclic) bond motifs is 1. The van der Waals surface area contributed by atoms with Crippen molar-refractivity contribution in [1.29, 1.82) is 0 Å². The molecule has 2 aromatic carbocycles. The lowest BCUT2D eigenvalue weighted by atomic mass is 10.1. The predicted octanol–water partition coefficient (Wildman–Crippen LogP) is 2.39. The summed E-state index contributed by atoms with van der Waals surface area (Å²) in [5.74, 6) is -0.757. The molecule has 5 nitrogen and oxygen atoms in total. The quantitative estimate of drug-likeness (QED) is 0.916. The Labute approximate surface area is 140 Å². The van der Waals surface area contributed by atoms with E-state index in [0.29, 0.717) is 11.3 Å². The normalized spacial score (nSPS) is 13.4. The molecule has 0 fully saturated rings. The van der Waals surface area contributed by atoms with E-state index in [0.717, 1.165) is 12.8 Å². The molecule has 3 rings (SSSR count). The summed E-state index contributed by atoms with van der Waals surface area (Å²) >= 11 is 0. The van der Waals surface area contributed by atoms with Gasteiger partial charge < -0.3 is 14.7 Å². The first kappa shape index (κ1) is 16.1. The molecule has 24 heavy (non-hydrogen) atoms. The van der Waals surface area contributed by atoms with E-state index in [1.807, 2.05) is 19.2 Å². The Hall–Kier alpha value is -2.82. The first-order valence-electron chi connectivity index (χ1n) is 7.83. The molecule has 0 saturated carbocycles. The number of carboxylic acids is 1. The average molecular weight is 325 g/mol. The number of carboxylic acid groups (broad SMARTS) is 1. The Bertz CT molecular complexity index is 746. The summed E-state index contributed by atoms with van der Waals surface area (Å²) in [5, 5.41) is 8.67. The van der Waals surface area contributed by atoms with Crippen LogP contribution < -0.4 is 4.74 Å². The number of hydrogen-bond acceptors (Lipinski definition) is 3. The van der Waals surface area contributed by atoms with Gasteiger partial charge in [-0.1, -0.05) is 30.3 Å². The molecular formula is C19H19NO4. The van der Waals surface area contributed by atoms with Crippen LogP contribution >= 0.6 is 0 Å². The van der Waals surface area contributed by atoms with Gasteiger partial charge in [0.05, 0.1) is 0 Å². The minimum absolute atomic E-state index is 0.0893. The first-order valence-corrected chi connectivity index (χ1v) is 7.83. The first-order chi connectivity index (χ1) is 11.5. The Morgan fingerprint density at radius 1 is 1.12 bits per heavy atom. The third-order valence-electron chi connectivity index (χ3n) is 4.34. The van der Waals surface area contributed by atoms with Crippen molar-refractivity contribution in [1.82, 2.24) is 4.90 Å². The van der Waals surface area contributed by atoms with Gasteiger partial charge in [-0.05, 0) is 42.2 Å². The lowest BCUT2D eigenvalue weighted by Crippen LogP contribution is -2.37. The van der Waals surface area contributed by atoms with Gasteiger partial charge in [-0.3, -0.25) is 4.79 Å². The molecule has 1 aliphatic rings. The third-order valence-corrected chi connectivity index (χ3v) is 4.34. The van der Waals surface area contributed by atoms with Gasteiger partial charge in [0.2, 0.25) is 0 Å². The maximum atomic E-state index is 12.7. The molecular weight excluding hydrogens is 306 g/mol. The highest BCUT2D eigenvalue weighted by Crippen LogP contribution is 2.26. The molecule has 0 heterocycles.